The third-order valence-electron chi connectivity index (χ3n) is 4.80. The number of hydrogen-bond donors (Lipinski definition) is 2. The number of imide groups is 2. The van der Waals surface area contributed by atoms with E-state index in [1.807, 2.05) is 0 Å². The number of carbonyl (C=O) groups excluding carboxylic acids is 4. The molecular formula is C25H18ClN3O5. The Morgan fingerprint density at radius 2 is 1.71 bits per heavy atom. The zero-order valence-corrected chi connectivity index (χ0v) is 18.4. The second-order valence-electron chi connectivity index (χ2n) is 7.18. The van der Waals surface area contributed by atoms with Gasteiger partial charge in [0.15, 0.2) is 6.61 Å². The lowest BCUT2D eigenvalue weighted by Crippen LogP contribution is -2.54. The second-order valence-corrected chi connectivity index (χ2v) is 7.59. The van der Waals surface area contributed by atoms with Crippen LogP contribution in [0.2, 0.25) is 5.02 Å². The fourth-order valence-corrected chi connectivity index (χ4v) is 3.41. The molecule has 0 aliphatic carbocycles. The number of benzene rings is 3. The van der Waals surface area contributed by atoms with E-state index in [0.717, 1.165) is 4.90 Å². The van der Waals surface area contributed by atoms with Gasteiger partial charge in [-0.3, -0.25) is 19.7 Å². The molecule has 170 valence electrons. The van der Waals surface area contributed by atoms with Gasteiger partial charge in [-0.05, 0) is 48.0 Å². The molecule has 1 heterocycles. The lowest BCUT2D eigenvalue weighted by atomic mass is 10.1. The van der Waals surface area contributed by atoms with Gasteiger partial charge in [0.25, 0.3) is 17.7 Å². The minimum atomic E-state index is -0.819. The van der Waals surface area contributed by atoms with Crippen LogP contribution < -0.4 is 20.3 Å². The van der Waals surface area contributed by atoms with Crippen molar-refractivity contribution in [3.8, 4) is 5.75 Å². The SMILES string of the molecule is O=C(COc1cccc(/C=C2/C(=O)NC(=O)N(c3ccccc3)C2=O)c1)Nc1ccccc1Cl. The maximum atomic E-state index is 12.9. The van der Waals surface area contributed by atoms with Crippen LogP contribution in [0, 0.1) is 0 Å². The molecule has 1 aliphatic heterocycles. The van der Waals surface area contributed by atoms with Crippen LogP contribution >= 0.6 is 11.6 Å². The molecule has 8 nitrogen and oxygen atoms in total. The van der Waals surface area contributed by atoms with Crippen molar-refractivity contribution in [1.82, 2.24) is 5.32 Å². The fourth-order valence-electron chi connectivity index (χ4n) is 3.23. The molecule has 3 aromatic carbocycles. The molecule has 1 aliphatic rings. The van der Waals surface area contributed by atoms with Gasteiger partial charge in [0.1, 0.15) is 11.3 Å². The van der Waals surface area contributed by atoms with Crippen LogP contribution in [0.15, 0.2) is 84.4 Å². The smallest absolute Gasteiger partial charge is 0.335 e. The highest BCUT2D eigenvalue weighted by Crippen LogP contribution is 2.23. The van der Waals surface area contributed by atoms with Gasteiger partial charge in [-0.1, -0.05) is 54.1 Å². The maximum Gasteiger partial charge on any atom is 0.335 e. The number of rotatable bonds is 6. The minimum absolute atomic E-state index is 0.211. The average molecular weight is 476 g/mol. The van der Waals surface area contributed by atoms with E-state index in [1.54, 1.807) is 78.9 Å². The Labute approximate surface area is 199 Å². The topological polar surface area (TPSA) is 105 Å². The zero-order valence-electron chi connectivity index (χ0n) is 17.7. The summed E-state index contributed by atoms with van der Waals surface area (Å²) in [4.78, 5) is 50.6. The summed E-state index contributed by atoms with van der Waals surface area (Å²) in [5, 5.41) is 5.23. The first-order valence-corrected chi connectivity index (χ1v) is 10.5. The summed E-state index contributed by atoms with van der Waals surface area (Å²) in [6.07, 6.45) is 1.36. The molecule has 5 amide bonds. The molecule has 0 atom stereocenters. The van der Waals surface area contributed by atoms with Crippen molar-refractivity contribution in [1.29, 1.82) is 0 Å². The molecule has 0 bridgehead atoms. The molecule has 0 spiro atoms. The molecule has 0 aromatic heterocycles. The van der Waals surface area contributed by atoms with Gasteiger partial charge in [-0.15, -0.1) is 0 Å². The number of para-hydroxylation sites is 2. The molecule has 1 fully saturated rings. The van der Waals surface area contributed by atoms with Gasteiger partial charge in [0.05, 0.1) is 16.4 Å². The molecule has 34 heavy (non-hydrogen) atoms. The van der Waals surface area contributed by atoms with Crippen molar-refractivity contribution >= 4 is 52.8 Å². The summed E-state index contributed by atoms with van der Waals surface area (Å²) in [6.45, 7) is -0.277. The number of hydrogen-bond acceptors (Lipinski definition) is 5. The third kappa shape index (κ3) is 5.13. The quantitative estimate of drug-likeness (QED) is 0.414. The zero-order chi connectivity index (χ0) is 24.1. The number of carbonyl (C=O) groups is 4. The third-order valence-corrected chi connectivity index (χ3v) is 5.13. The Kier molecular flexibility index (Phi) is 6.70. The van der Waals surface area contributed by atoms with Crippen molar-refractivity contribution in [3.63, 3.8) is 0 Å². The van der Waals surface area contributed by atoms with E-state index in [4.69, 9.17) is 16.3 Å². The number of halogens is 1. The molecule has 3 aromatic rings. The Hall–Kier alpha value is -4.43. The molecule has 4 rings (SSSR count). The summed E-state index contributed by atoms with van der Waals surface area (Å²) in [7, 11) is 0. The first kappa shape index (κ1) is 22.8. The number of barbiturate groups is 1. The molecule has 2 N–H and O–H groups in total. The number of ether oxygens (including phenoxy) is 1. The largest absolute Gasteiger partial charge is 0.484 e. The molecular weight excluding hydrogens is 458 g/mol. The monoisotopic (exact) mass is 475 g/mol. The Morgan fingerprint density at radius 3 is 2.47 bits per heavy atom. The Balaban J connectivity index is 1.48. The Bertz CT molecular complexity index is 1310. The van der Waals surface area contributed by atoms with Gasteiger partial charge < -0.3 is 10.1 Å². The highest BCUT2D eigenvalue weighted by molar-refractivity contribution is 6.39. The van der Waals surface area contributed by atoms with Crippen LogP contribution in [0.25, 0.3) is 6.08 Å². The van der Waals surface area contributed by atoms with Crippen LogP contribution in [-0.2, 0) is 14.4 Å². The van der Waals surface area contributed by atoms with Crippen LogP contribution in [0.4, 0.5) is 16.2 Å². The van der Waals surface area contributed by atoms with E-state index in [0.29, 0.717) is 27.7 Å². The molecule has 0 unspecified atom stereocenters. The number of anilines is 2. The first-order valence-electron chi connectivity index (χ1n) is 10.2. The van der Waals surface area contributed by atoms with Crippen molar-refractivity contribution in [3.05, 3.63) is 95.0 Å². The molecule has 9 heteroatoms. The van der Waals surface area contributed by atoms with Gasteiger partial charge in [0.2, 0.25) is 0 Å². The van der Waals surface area contributed by atoms with Crippen LogP contribution in [0.1, 0.15) is 5.56 Å². The van der Waals surface area contributed by atoms with E-state index in [1.165, 1.54) is 6.08 Å². The fraction of sp³-hybridized carbons (Fsp3) is 0.0400. The first-order chi connectivity index (χ1) is 16.4. The standard InChI is InChI=1S/C25H18ClN3O5/c26-20-11-4-5-12-21(20)27-22(30)15-34-18-10-6-7-16(13-18)14-19-23(31)28-25(33)29(24(19)32)17-8-2-1-3-9-17/h1-14H,15H2,(H,27,30)(H,28,31,33)/b19-14-. The normalized spacial score (nSPS) is 14.7. The van der Waals surface area contributed by atoms with Crippen molar-refractivity contribution in [2.24, 2.45) is 0 Å². The summed E-state index contributed by atoms with van der Waals surface area (Å²) in [5.74, 6) is -1.60. The van der Waals surface area contributed by atoms with Gasteiger partial charge >= 0.3 is 6.03 Å². The van der Waals surface area contributed by atoms with Crippen molar-refractivity contribution in [2.75, 3.05) is 16.8 Å². The van der Waals surface area contributed by atoms with Crippen molar-refractivity contribution < 1.29 is 23.9 Å². The maximum absolute atomic E-state index is 12.9. The van der Waals surface area contributed by atoms with Crippen molar-refractivity contribution in [2.45, 2.75) is 0 Å². The van der Waals surface area contributed by atoms with Gasteiger partial charge in [-0.25, -0.2) is 9.69 Å². The summed E-state index contributed by atoms with van der Waals surface area (Å²) in [5.41, 5.74) is 1.07. The number of nitrogens with one attached hydrogen (secondary N) is 2. The highest BCUT2D eigenvalue weighted by atomic mass is 35.5. The lowest BCUT2D eigenvalue weighted by Gasteiger charge is -2.26. The van der Waals surface area contributed by atoms with Gasteiger partial charge in [-0.2, -0.15) is 0 Å². The average Bonchev–Trinajstić information content (AvgIpc) is 2.83. The second kappa shape index (κ2) is 10.0. The van der Waals surface area contributed by atoms with E-state index >= 15 is 0 Å². The van der Waals surface area contributed by atoms with Gasteiger partial charge in [0, 0.05) is 0 Å². The molecule has 0 radical (unpaired) electrons. The van der Waals surface area contributed by atoms with E-state index in [2.05, 4.69) is 10.6 Å². The van der Waals surface area contributed by atoms with Crippen LogP contribution in [0.5, 0.6) is 5.75 Å². The highest BCUT2D eigenvalue weighted by Gasteiger charge is 2.36. The number of amides is 5. The number of urea groups is 1. The molecule has 0 saturated carbocycles. The Morgan fingerprint density at radius 1 is 0.971 bits per heavy atom. The van der Waals surface area contributed by atoms with E-state index in [9.17, 15) is 19.2 Å². The number of nitrogens with zero attached hydrogens (tertiary/aromatic N) is 1. The predicted octanol–water partition coefficient (Wildman–Crippen LogP) is 4.02. The van der Waals surface area contributed by atoms with Crippen LogP contribution in [0.3, 0.4) is 0 Å². The summed E-state index contributed by atoms with van der Waals surface area (Å²) in [6, 6.07) is 20.8. The molecule has 1 saturated heterocycles. The minimum Gasteiger partial charge on any atom is -0.484 e. The summed E-state index contributed by atoms with van der Waals surface area (Å²) >= 11 is 6.03. The predicted molar refractivity (Wildman–Crippen MR) is 127 cm³/mol. The lowest BCUT2D eigenvalue weighted by molar-refractivity contribution is -0.122. The van der Waals surface area contributed by atoms with E-state index < -0.39 is 23.8 Å². The van der Waals surface area contributed by atoms with Crippen LogP contribution in [-0.4, -0.2) is 30.4 Å². The van der Waals surface area contributed by atoms with E-state index in [-0.39, 0.29) is 12.2 Å². The summed E-state index contributed by atoms with van der Waals surface area (Å²) < 4.78 is 5.54.